The highest BCUT2D eigenvalue weighted by Crippen LogP contribution is 2.36. The van der Waals surface area contributed by atoms with E-state index in [0.717, 1.165) is 35.5 Å². The maximum absolute atomic E-state index is 13.1. The van der Waals surface area contributed by atoms with Crippen LogP contribution in [0.15, 0.2) is 42.5 Å². The van der Waals surface area contributed by atoms with Crippen LogP contribution in [0.3, 0.4) is 0 Å². The zero-order valence-electron chi connectivity index (χ0n) is 14.3. The van der Waals surface area contributed by atoms with Gasteiger partial charge in [-0.15, -0.1) is 0 Å². The Bertz CT molecular complexity index is 801. The van der Waals surface area contributed by atoms with Gasteiger partial charge in [-0.3, -0.25) is 9.59 Å². The average Bonchev–Trinajstić information content (AvgIpc) is 2.70. The maximum atomic E-state index is 13.1. The van der Waals surface area contributed by atoms with Gasteiger partial charge < -0.3 is 15.3 Å². The van der Waals surface area contributed by atoms with Gasteiger partial charge in [-0.25, -0.2) is 0 Å². The number of carbonyl (C=O) groups is 2. The largest absolute Gasteiger partial charge is 0.481 e. The molecule has 0 aliphatic carbocycles. The van der Waals surface area contributed by atoms with E-state index in [1.165, 1.54) is 0 Å². The summed E-state index contributed by atoms with van der Waals surface area (Å²) in [6.07, 6.45) is 2.36. The van der Waals surface area contributed by atoms with Gasteiger partial charge in [-0.05, 0) is 49.6 Å². The molecule has 130 valence electrons. The van der Waals surface area contributed by atoms with Crippen LogP contribution in [0.4, 0.5) is 17.1 Å². The highest BCUT2D eigenvalue weighted by Gasteiger charge is 2.26. The number of nitrogens with zero attached hydrogens (tertiary/aromatic N) is 1. The Balaban J connectivity index is 1.85. The molecule has 1 aliphatic heterocycles. The van der Waals surface area contributed by atoms with Crippen LogP contribution >= 0.6 is 0 Å². The van der Waals surface area contributed by atoms with Crippen LogP contribution in [-0.2, 0) is 4.79 Å². The number of benzene rings is 2. The van der Waals surface area contributed by atoms with Crippen molar-refractivity contribution in [3.63, 3.8) is 0 Å². The summed E-state index contributed by atoms with van der Waals surface area (Å²) in [7, 11) is 0. The minimum absolute atomic E-state index is 0.0225. The molecule has 5 nitrogen and oxygen atoms in total. The molecule has 0 aromatic heterocycles. The van der Waals surface area contributed by atoms with Crippen LogP contribution in [0, 0.1) is 6.92 Å². The van der Waals surface area contributed by atoms with Gasteiger partial charge in [0, 0.05) is 13.0 Å². The van der Waals surface area contributed by atoms with Gasteiger partial charge >= 0.3 is 5.97 Å². The number of amides is 1. The quantitative estimate of drug-likeness (QED) is 0.769. The second-order valence-electron chi connectivity index (χ2n) is 6.35. The SMILES string of the molecule is Cc1ccc2c(c1)N(CCCCCC(=O)O)C(=O)c1ccccc1N2. The monoisotopic (exact) mass is 338 g/mol. The van der Waals surface area contributed by atoms with Crippen molar-refractivity contribution in [3.05, 3.63) is 53.6 Å². The van der Waals surface area contributed by atoms with Gasteiger partial charge in [-0.2, -0.15) is 0 Å². The topological polar surface area (TPSA) is 69.6 Å². The third-order valence-electron chi connectivity index (χ3n) is 4.39. The molecular formula is C20H22N2O3. The predicted molar refractivity (Wildman–Crippen MR) is 98.7 cm³/mol. The molecule has 0 fully saturated rings. The van der Waals surface area contributed by atoms with Crippen molar-refractivity contribution in [2.24, 2.45) is 0 Å². The second-order valence-corrected chi connectivity index (χ2v) is 6.35. The lowest BCUT2D eigenvalue weighted by Crippen LogP contribution is -2.31. The molecule has 0 spiro atoms. The fourth-order valence-corrected chi connectivity index (χ4v) is 3.09. The molecule has 5 heteroatoms. The van der Waals surface area contributed by atoms with Gasteiger partial charge in [0.2, 0.25) is 0 Å². The molecule has 1 aliphatic rings. The second kappa shape index (κ2) is 7.38. The van der Waals surface area contributed by atoms with E-state index in [0.29, 0.717) is 18.5 Å². The molecule has 0 saturated carbocycles. The lowest BCUT2D eigenvalue weighted by Gasteiger charge is -2.23. The van der Waals surface area contributed by atoms with Gasteiger partial charge in [0.1, 0.15) is 0 Å². The maximum Gasteiger partial charge on any atom is 0.303 e. The van der Waals surface area contributed by atoms with Crippen LogP contribution in [0.25, 0.3) is 0 Å². The first-order valence-corrected chi connectivity index (χ1v) is 8.56. The minimum Gasteiger partial charge on any atom is -0.481 e. The van der Waals surface area contributed by atoms with E-state index >= 15 is 0 Å². The number of aliphatic carboxylic acids is 1. The summed E-state index contributed by atoms with van der Waals surface area (Å²) in [6, 6.07) is 13.6. The number of carbonyl (C=O) groups excluding carboxylic acids is 1. The molecule has 2 aromatic rings. The van der Waals surface area contributed by atoms with E-state index in [1.807, 2.05) is 54.3 Å². The summed E-state index contributed by atoms with van der Waals surface area (Å²) in [5, 5.41) is 12.1. The van der Waals surface area contributed by atoms with Crippen molar-refractivity contribution in [3.8, 4) is 0 Å². The minimum atomic E-state index is -0.773. The van der Waals surface area contributed by atoms with Gasteiger partial charge in [0.05, 0.1) is 22.6 Å². The van der Waals surface area contributed by atoms with E-state index in [1.54, 1.807) is 0 Å². The molecule has 0 unspecified atom stereocenters. The lowest BCUT2D eigenvalue weighted by molar-refractivity contribution is -0.137. The summed E-state index contributed by atoms with van der Waals surface area (Å²) in [4.78, 5) is 25.5. The summed E-state index contributed by atoms with van der Waals surface area (Å²) in [6.45, 7) is 2.58. The Morgan fingerprint density at radius 3 is 2.68 bits per heavy atom. The van der Waals surface area contributed by atoms with E-state index in [9.17, 15) is 9.59 Å². The Morgan fingerprint density at radius 2 is 1.88 bits per heavy atom. The number of aryl methyl sites for hydroxylation is 1. The molecule has 1 amide bonds. The third-order valence-corrected chi connectivity index (χ3v) is 4.39. The first kappa shape index (κ1) is 17.0. The molecule has 0 saturated heterocycles. The van der Waals surface area contributed by atoms with Crippen LogP contribution in [0.2, 0.25) is 0 Å². The molecule has 2 N–H and O–H groups in total. The van der Waals surface area contributed by atoms with Gasteiger partial charge in [0.25, 0.3) is 5.91 Å². The van der Waals surface area contributed by atoms with Crippen molar-refractivity contribution in [2.45, 2.75) is 32.6 Å². The highest BCUT2D eigenvalue weighted by atomic mass is 16.4. The number of hydrogen-bond donors (Lipinski definition) is 2. The van der Waals surface area contributed by atoms with Crippen LogP contribution in [-0.4, -0.2) is 23.5 Å². The van der Waals surface area contributed by atoms with Gasteiger partial charge in [-0.1, -0.05) is 24.6 Å². The van der Waals surface area contributed by atoms with Crippen molar-refractivity contribution in [1.29, 1.82) is 0 Å². The fraction of sp³-hybridized carbons (Fsp3) is 0.300. The standard InChI is InChI=1S/C20H22N2O3/c1-14-10-11-17-18(13-14)22(12-6-2-3-9-19(23)24)20(25)15-7-4-5-8-16(15)21-17/h4-5,7-8,10-11,13,21H,2-3,6,9,12H2,1H3,(H,23,24). The first-order valence-electron chi connectivity index (χ1n) is 8.56. The highest BCUT2D eigenvalue weighted by molar-refractivity contribution is 6.13. The van der Waals surface area contributed by atoms with Crippen molar-refractivity contribution >= 4 is 28.9 Å². The van der Waals surface area contributed by atoms with E-state index in [4.69, 9.17) is 5.11 Å². The Labute approximate surface area is 147 Å². The molecule has 0 bridgehead atoms. The van der Waals surface area contributed by atoms with Crippen LogP contribution in [0.5, 0.6) is 0 Å². The van der Waals surface area contributed by atoms with Crippen molar-refractivity contribution in [1.82, 2.24) is 0 Å². The molecule has 0 radical (unpaired) electrons. The smallest absolute Gasteiger partial charge is 0.303 e. The molecule has 25 heavy (non-hydrogen) atoms. The molecular weight excluding hydrogens is 316 g/mol. The third kappa shape index (κ3) is 3.82. The van der Waals surface area contributed by atoms with Crippen LogP contribution < -0.4 is 10.2 Å². The number of rotatable bonds is 6. The van der Waals surface area contributed by atoms with E-state index in [2.05, 4.69) is 5.32 Å². The predicted octanol–water partition coefficient (Wildman–Crippen LogP) is 4.34. The van der Waals surface area contributed by atoms with E-state index in [-0.39, 0.29) is 12.3 Å². The first-order chi connectivity index (χ1) is 12.1. The molecule has 2 aromatic carbocycles. The Hall–Kier alpha value is -2.82. The molecule has 3 rings (SSSR count). The van der Waals surface area contributed by atoms with Gasteiger partial charge in [0.15, 0.2) is 0 Å². The molecule has 0 atom stereocenters. The Kier molecular flexibility index (Phi) is 5.03. The summed E-state index contributed by atoms with van der Waals surface area (Å²) in [5.41, 5.74) is 4.34. The number of anilines is 3. The molecule has 1 heterocycles. The van der Waals surface area contributed by atoms with Crippen LogP contribution in [0.1, 0.15) is 41.6 Å². The summed E-state index contributed by atoms with van der Waals surface area (Å²) in [5.74, 6) is -0.796. The normalized spacial score (nSPS) is 12.8. The summed E-state index contributed by atoms with van der Waals surface area (Å²) < 4.78 is 0. The number of fused-ring (bicyclic) bond motifs is 2. The number of para-hydroxylation sites is 1. The van der Waals surface area contributed by atoms with Crippen molar-refractivity contribution < 1.29 is 14.7 Å². The number of carboxylic acid groups (broad SMARTS) is 1. The zero-order valence-corrected chi connectivity index (χ0v) is 14.3. The lowest BCUT2D eigenvalue weighted by atomic mass is 10.1. The number of nitrogens with one attached hydrogen (secondary N) is 1. The van der Waals surface area contributed by atoms with E-state index < -0.39 is 5.97 Å². The summed E-state index contributed by atoms with van der Waals surface area (Å²) >= 11 is 0. The fourth-order valence-electron chi connectivity index (χ4n) is 3.09. The number of unbranched alkanes of at least 4 members (excludes halogenated alkanes) is 2. The number of hydrogen-bond acceptors (Lipinski definition) is 3. The average molecular weight is 338 g/mol. The zero-order chi connectivity index (χ0) is 17.8. The van der Waals surface area contributed by atoms with Crippen molar-refractivity contribution in [2.75, 3.05) is 16.8 Å². The number of carboxylic acids is 1. The Morgan fingerprint density at radius 1 is 1.08 bits per heavy atom.